The molecule has 0 aliphatic carbocycles. The molecular formula is C36H46F2N4O6S. The lowest BCUT2D eigenvalue weighted by Crippen LogP contribution is -2.57. The number of aliphatic hydroxyl groups is 1. The van der Waals surface area contributed by atoms with Gasteiger partial charge in [-0.15, -0.1) is 0 Å². The molecular weight excluding hydrogens is 654 g/mol. The van der Waals surface area contributed by atoms with Crippen molar-refractivity contribution in [3.8, 4) is 5.75 Å². The fraction of sp³-hybridized carbons (Fsp3) is 0.444. The average molecular weight is 701 g/mol. The minimum Gasteiger partial charge on any atom is -0.493 e. The monoisotopic (exact) mass is 700 g/mol. The smallest absolute Gasteiger partial charge is 0.243 e. The maximum atomic E-state index is 14.0. The van der Waals surface area contributed by atoms with E-state index in [4.69, 9.17) is 4.74 Å². The fourth-order valence-corrected chi connectivity index (χ4v) is 7.33. The molecule has 2 amide bonds. The van der Waals surface area contributed by atoms with Crippen molar-refractivity contribution >= 4 is 21.8 Å². The Hall–Kier alpha value is -3.91. The molecule has 1 heterocycles. The summed E-state index contributed by atoms with van der Waals surface area (Å²) >= 11 is 0. The van der Waals surface area contributed by atoms with E-state index < -0.39 is 51.7 Å². The molecule has 1 aliphatic heterocycles. The van der Waals surface area contributed by atoms with Gasteiger partial charge in [-0.1, -0.05) is 58.0 Å². The first-order valence-corrected chi connectivity index (χ1v) is 17.9. The number of nitrogens with zero attached hydrogens (tertiary/aromatic N) is 1. The minimum atomic E-state index is -4.03. The highest BCUT2D eigenvalue weighted by Gasteiger charge is 2.34. The van der Waals surface area contributed by atoms with Crippen molar-refractivity contribution in [2.75, 3.05) is 26.2 Å². The zero-order chi connectivity index (χ0) is 35.7. The van der Waals surface area contributed by atoms with Crippen molar-refractivity contribution < 1.29 is 36.6 Å². The maximum absolute atomic E-state index is 14.0. The van der Waals surface area contributed by atoms with Crippen LogP contribution in [0.4, 0.5) is 8.78 Å². The number of rotatable bonds is 17. The molecule has 4 rings (SSSR count). The SMILES string of the molecule is CC(C)CN(C[C@@H](O)[C@H](Cc1ccccc1)NC(=O)[C@@H](NC(=O)CNCc1cc(F)ccc1F)C(C)C)S(=O)(=O)c1ccc2c(c1)CCO2. The van der Waals surface area contributed by atoms with Crippen molar-refractivity contribution in [2.24, 2.45) is 11.8 Å². The number of hydrogen-bond acceptors (Lipinski definition) is 7. The highest BCUT2D eigenvalue weighted by atomic mass is 32.2. The molecule has 0 bridgehead atoms. The summed E-state index contributed by atoms with van der Waals surface area (Å²) < 4.78 is 62.1. The maximum Gasteiger partial charge on any atom is 0.243 e. The second-order valence-corrected chi connectivity index (χ2v) is 15.0. The molecule has 0 fully saturated rings. The number of hydrogen-bond donors (Lipinski definition) is 4. The van der Waals surface area contributed by atoms with Crippen molar-refractivity contribution in [2.45, 2.75) is 70.2 Å². The number of carbonyl (C=O) groups excluding carboxylic acids is 2. The topological polar surface area (TPSA) is 137 Å². The molecule has 3 aromatic rings. The van der Waals surface area contributed by atoms with Crippen LogP contribution in [0.2, 0.25) is 0 Å². The third-order valence-corrected chi connectivity index (χ3v) is 10.1. The molecule has 0 aromatic heterocycles. The van der Waals surface area contributed by atoms with E-state index >= 15 is 0 Å². The number of sulfonamides is 1. The van der Waals surface area contributed by atoms with Gasteiger partial charge >= 0.3 is 0 Å². The lowest BCUT2D eigenvalue weighted by Gasteiger charge is -2.32. The van der Waals surface area contributed by atoms with Gasteiger partial charge in [-0.05, 0) is 65.8 Å². The van der Waals surface area contributed by atoms with Gasteiger partial charge in [0.15, 0.2) is 0 Å². The van der Waals surface area contributed by atoms with Crippen LogP contribution in [0, 0.1) is 23.5 Å². The molecule has 1 aliphatic rings. The normalized spacial score (nSPS) is 14.7. The van der Waals surface area contributed by atoms with Gasteiger partial charge in [0.25, 0.3) is 0 Å². The highest BCUT2D eigenvalue weighted by Crippen LogP contribution is 2.29. The summed E-state index contributed by atoms with van der Waals surface area (Å²) in [6.45, 7) is 7.23. The summed E-state index contributed by atoms with van der Waals surface area (Å²) in [4.78, 5) is 26.6. The zero-order valence-corrected chi connectivity index (χ0v) is 29.1. The zero-order valence-electron chi connectivity index (χ0n) is 28.3. The number of fused-ring (bicyclic) bond motifs is 1. The summed E-state index contributed by atoms with van der Waals surface area (Å²) in [5.74, 6) is -2.08. The van der Waals surface area contributed by atoms with Crippen molar-refractivity contribution in [3.63, 3.8) is 0 Å². The average Bonchev–Trinajstić information content (AvgIpc) is 3.53. The molecule has 0 saturated carbocycles. The molecule has 3 atom stereocenters. The molecule has 49 heavy (non-hydrogen) atoms. The second-order valence-electron chi connectivity index (χ2n) is 13.1. The molecule has 0 saturated heterocycles. The van der Waals surface area contributed by atoms with Crippen LogP contribution >= 0.6 is 0 Å². The summed E-state index contributed by atoms with van der Waals surface area (Å²) in [7, 11) is -4.03. The first-order chi connectivity index (χ1) is 23.2. The Balaban J connectivity index is 1.49. The first-order valence-electron chi connectivity index (χ1n) is 16.5. The standard InChI is InChI=1S/C36H46F2N4O6S/c1-23(2)21-42(49(46,47)29-11-13-33-26(18-29)14-15-48-33)22-32(43)31(16-25-8-6-5-7-9-25)40-36(45)35(24(3)4)41-34(44)20-39-19-27-17-28(37)10-12-30(27)38/h5-13,17-18,23-24,31-32,35,39,43H,14-16,19-22H2,1-4H3,(H,40,45)(H,41,44)/t31-,32+,35-/m0/s1. The van der Waals surface area contributed by atoms with Gasteiger partial charge < -0.3 is 25.8 Å². The van der Waals surface area contributed by atoms with E-state index in [1.165, 1.54) is 10.4 Å². The van der Waals surface area contributed by atoms with Gasteiger partial charge in [0.1, 0.15) is 23.4 Å². The molecule has 266 valence electrons. The lowest BCUT2D eigenvalue weighted by molar-refractivity contribution is -0.130. The van der Waals surface area contributed by atoms with Crippen LogP contribution in [0.3, 0.4) is 0 Å². The third kappa shape index (κ3) is 10.5. The van der Waals surface area contributed by atoms with E-state index in [1.54, 1.807) is 26.0 Å². The fourth-order valence-electron chi connectivity index (χ4n) is 5.66. The largest absolute Gasteiger partial charge is 0.493 e. The Labute approximate surface area is 287 Å². The Morgan fingerprint density at radius 3 is 2.39 bits per heavy atom. The van der Waals surface area contributed by atoms with Crippen molar-refractivity contribution in [3.05, 3.63) is 95.1 Å². The van der Waals surface area contributed by atoms with Crippen LogP contribution in [0.15, 0.2) is 71.6 Å². The predicted molar refractivity (Wildman–Crippen MR) is 182 cm³/mol. The van der Waals surface area contributed by atoms with Crippen LogP contribution in [0.1, 0.15) is 44.4 Å². The van der Waals surface area contributed by atoms with Crippen molar-refractivity contribution in [1.29, 1.82) is 0 Å². The third-order valence-electron chi connectivity index (χ3n) is 8.22. The Kier molecular flexibility index (Phi) is 13.3. The number of amides is 2. The van der Waals surface area contributed by atoms with Gasteiger partial charge in [-0.25, -0.2) is 17.2 Å². The van der Waals surface area contributed by atoms with E-state index in [-0.39, 0.29) is 54.9 Å². The molecule has 0 radical (unpaired) electrons. The van der Waals surface area contributed by atoms with Crippen LogP contribution in [0.5, 0.6) is 5.75 Å². The predicted octanol–water partition coefficient (Wildman–Crippen LogP) is 3.57. The molecule has 10 nitrogen and oxygen atoms in total. The molecule has 0 unspecified atom stereocenters. The van der Waals surface area contributed by atoms with Gasteiger partial charge in [0.2, 0.25) is 21.8 Å². The quantitative estimate of drug-likeness (QED) is 0.169. The number of nitrogens with one attached hydrogen (secondary N) is 3. The number of carbonyl (C=O) groups is 2. The highest BCUT2D eigenvalue weighted by molar-refractivity contribution is 7.89. The van der Waals surface area contributed by atoms with Crippen molar-refractivity contribution in [1.82, 2.24) is 20.3 Å². The van der Waals surface area contributed by atoms with Gasteiger partial charge in [-0.2, -0.15) is 4.31 Å². The van der Waals surface area contributed by atoms with Gasteiger partial charge in [0, 0.05) is 31.6 Å². The number of ether oxygens (including phenoxy) is 1. The Morgan fingerprint density at radius 2 is 1.69 bits per heavy atom. The van der Waals surface area contributed by atoms with Crippen LogP contribution in [-0.4, -0.2) is 74.1 Å². The van der Waals surface area contributed by atoms with Gasteiger partial charge in [-0.3, -0.25) is 9.59 Å². The summed E-state index contributed by atoms with van der Waals surface area (Å²) in [6, 6.07) is 15.1. The van der Waals surface area contributed by atoms with E-state index in [9.17, 15) is 31.9 Å². The minimum absolute atomic E-state index is 0.0578. The first kappa shape index (κ1) is 37.9. The van der Waals surface area contributed by atoms with Gasteiger partial charge in [0.05, 0.1) is 30.2 Å². The summed E-state index contributed by atoms with van der Waals surface area (Å²) in [5, 5.41) is 20.0. The van der Waals surface area contributed by atoms with Crippen LogP contribution in [0.25, 0.3) is 0 Å². The van der Waals surface area contributed by atoms with E-state index in [1.807, 2.05) is 44.2 Å². The molecule has 13 heteroatoms. The molecule has 0 spiro atoms. The number of aliphatic hydroxyl groups excluding tert-OH is 1. The van der Waals surface area contributed by atoms with Crippen LogP contribution in [-0.2, 0) is 39.0 Å². The Bertz CT molecular complexity index is 1690. The molecule has 3 aromatic carbocycles. The molecule has 4 N–H and O–H groups in total. The lowest BCUT2D eigenvalue weighted by atomic mass is 9.98. The van der Waals surface area contributed by atoms with Crippen LogP contribution < -0.4 is 20.7 Å². The summed E-state index contributed by atoms with van der Waals surface area (Å²) in [5.41, 5.74) is 1.67. The number of benzene rings is 3. The van der Waals surface area contributed by atoms with E-state index in [0.29, 0.717) is 18.8 Å². The number of halogens is 2. The second kappa shape index (κ2) is 17.1. The van der Waals surface area contributed by atoms with E-state index in [0.717, 1.165) is 29.3 Å². The van der Waals surface area contributed by atoms with E-state index in [2.05, 4.69) is 16.0 Å². The Morgan fingerprint density at radius 1 is 0.959 bits per heavy atom. The summed E-state index contributed by atoms with van der Waals surface area (Å²) in [6.07, 6.45) is -0.521.